The van der Waals surface area contributed by atoms with Crippen molar-refractivity contribution >= 4 is 21.9 Å². The minimum Gasteiger partial charge on any atom is -0.487 e. The number of aliphatic carboxylic acids is 1. The third-order valence-electron chi connectivity index (χ3n) is 1.86. The Kier molecular flexibility index (Phi) is 3.88. The van der Waals surface area contributed by atoms with E-state index in [0.717, 1.165) is 6.92 Å². The summed E-state index contributed by atoms with van der Waals surface area (Å²) in [6.45, 7) is 0.549. The molecule has 1 aromatic carbocycles. The normalized spacial score (nSPS) is 14.2. The van der Waals surface area contributed by atoms with Gasteiger partial charge in [0.25, 0.3) is 0 Å². The number of hydrogen-bond donors (Lipinski definition) is 2. The van der Waals surface area contributed by atoms with E-state index in [4.69, 9.17) is 9.84 Å². The van der Waals surface area contributed by atoms with Crippen molar-refractivity contribution in [2.24, 2.45) is 0 Å². The number of halogens is 2. The molecule has 2 N–H and O–H groups in total. The number of carboxylic acids is 1. The highest BCUT2D eigenvalue weighted by molar-refractivity contribution is 9.10. The molecule has 0 bridgehead atoms. The number of benzene rings is 1. The van der Waals surface area contributed by atoms with Crippen LogP contribution in [0.5, 0.6) is 5.75 Å². The summed E-state index contributed by atoms with van der Waals surface area (Å²) < 4.78 is 18.7. The van der Waals surface area contributed by atoms with Crippen LogP contribution in [0.3, 0.4) is 0 Å². The van der Waals surface area contributed by atoms with Crippen molar-refractivity contribution in [2.75, 3.05) is 6.61 Å². The first kappa shape index (κ1) is 12.9. The molecule has 6 heteroatoms. The van der Waals surface area contributed by atoms with Gasteiger partial charge in [0.05, 0.1) is 0 Å². The Morgan fingerprint density at radius 2 is 2.25 bits per heavy atom. The van der Waals surface area contributed by atoms with E-state index in [1.165, 1.54) is 12.1 Å². The van der Waals surface area contributed by atoms with Crippen LogP contribution < -0.4 is 4.74 Å². The van der Waals surface area contributed by atoms with Crippen LogP contribution >= 0.6 is 15.9 Å². The molecule has 16 heavy (non-hydrogen) atoms. The minimum absolute atomic E-state index is 0.107. The molecule has 1 atom stereocenters. The van der Waals surface area contributed by atoms with Gasteiger partial charge in [0.1, 0.15) is 6.61 Å². The Morgan fingerprint density at radius 3 is 2.75 bits per heavy atom. The zero-order chi connectivity index (χ0) is 12.3. The van der Waals surface area contributed by atoms with Crippen molar-refractivity contribution in [2.45, 2.75) is 12.5 Å². The second-order valence-corrected chi connectivity index (χ2v) is 4.36. The van der Waals surface area contributed by atoms with Gasteiger partial charge < -0.3 is 14.9 Å². The Morgan fingerprint density at radius 1 is 1.62 bits per heavy atom. The zero-order valence-electron chi connectivity index (χ0n) is 8.41. The van der Waals surface area contributed by atoms with Crippen molar-refractivity contribution in [3.63, 3.8) is 0 Å². The molecule has 88 valence electrons. The van der Waals surface area contributed by atoms with Crippen LogP contribution in [0, 0.1) is 5.82 Å². The van der Waals surface area contributed by atoms with E-state index < -0.39 is 24.0 Å². The fourth-order valence-electron chi connectivity index (χ4n) is 0.872. The largest absolute Gasteiger partial charge is 0.487 e. The quantitative estimate of drug-likeness (QED) is 0.888. The summed E-state index contributed by atoms with van der Waals surface area (Å²) in [5, 5.41) is 17.9. The number of aliphatic hydroxyl groups is 1. The molecule has 0 spiro atoms. The molecule has 4 nitrogen and oxygen atoms in total. The highest BCUT2D eigenvalue weighted by Crippen LogP contribution is 2.22. The van der Waals surface area contributed by atoms with Crippen LogP contribution in [0.1, 0.15) is 6.92 Å². The second kappa shape index (κ2) is 4.80. The van der Waals surface area contributed by atoms with E-state index in [1.807, 2.05) is 0 Å². The number of carbonyl (C=O) groups is 1. The van der Waals surface area contributed by atoms with E-state index in [9.17, 15) is 14.3 Å². The van der Waals surface area contributed by atoms with Crippen LogP contribution in [-0.4, -0.2) is 28.4 Å². The molecular weight excluding hydrogens is 283 g/mol. The molecule has 0 saturated heterocycles. The summed E-state index contributed by atoms with van der Waals surface area (Å²) >= 11 is 3.07. The first-order valence-electron chi connectivity index (χ1n) is 4.36. The molecule has 0 aliphatic carbocycles. The van der Waals surface area contributed by atoms with Crippen molar-refractivity contribution in [3.8, 4) is 5.75 Å². The summed E-state index contributed by atoms with van der Waals surface area (Å²) in [5.74, 6) is -2.16. The average Bonchev–Trinajstić information content (AvgIpc) is 2.16. The van der Waals surface area contributed by atoms with E-state index in [1.54, 1.807) is 6.07 Å². The molecule has 0 aromatic heterocycles. The van der Waals surface area contributed by atoms with Gasteiger partial charge in [-0.3, -0.25) is 0 Å². The smallest absolute Gasteiger partial charge is 0.339 e. The Balaban J connectivity index is 2.72. The van der Waals surface area contributed by atoms with Gasteiger partial charge in [-0.1, -0.05) is 15.9 Å². The van der Waals surface area contributed by atoms with E-state index >= 15 is 0 Å². The van der Waals surface area contributed by atoms with Gasteiger partial charge in [-0.25, -0.2) is 9.18 Å². The number of hydrogen-bond acceptors (Lipinski definition) is 3. The molecule has 1 aromatic rings. The lowest BCUT2D eigenvalue weighted by Crippen LogP contribution is -2.41. The standard InChI is InChI=1S/C10H10BrFO4/c1-10(15,9(13)14)5-16-8-3-2-6(11)4-7(8)12/h2-4,15H,5H2,1H3,(H,13,14). The molecule has 0 fully saturated rings. The molecule has 1 rings (SSSR count). The third kappa shape index (κ3) is 3.18. The predicted octanol–water partition coefficient (Wildman–Crippen LogP) is 1.80. The van der Waals surface area contributed by atoms with E-state index in [2.05, 4.69) is 15.9 Å². The number of carboxylic acid groups (broad SMARTS) is 1. The van der Waals surface area contributed by atoms with Crippen LogP contribution in [-0.2, 0) is 4.79 Å². The summed E-state index contributed by atoms with van der Waals surface area (Å²) in [6.07, 6.45) is 0. The fourth-order valence-corrected chi connectivity index (χ4v) is 1.21. The van der Waals surface area contributed by atoms with Crippen molar-refractivity contribution in [3.05, 3.63) is 28.5 Å². The number of rotatable bonds is 4. The molecule has 0 aliphatic rings. The van der Waals surface area contributed by atoms with E-state index in [0.29, 0.717) is 4.47 Å². The van der Waals surface area contributed by atoms with Gasteiger partial charge in [0, 0.05) is 4.47 Å². The van der Waals surface area contributed by atoms with Gasteiger partial charge in [0.15, 0.2) is 17.2 Å². The molecule has 0 heterocycles. The van der Waals surface area contributed by atoms with Crippen LogP contribution in [0.2, 0.25) is 0 Å². The first-order chi connectivity index (χ1) is 7.33. The topological polar surface area (TPSA) is 66.8 Å². The summed E-state index contributed by atoms with van der Waals surface area (Å²) in [4.78, 5) is 10.6. The SMILES string of the molecule is CC(O)(COc1ccc(Br)cc1F)C(=O)O. The maximum atomic E-state index is 13.2. The van der Waals surface area contributed by atoms with Gasteiger partial charge in [-0.05, 0) is 25.1 Å². The van der Waals surface area contributed by atoms with Crippen molar-refractivity contribution in [1.29, 1.82) is 0 Å². The second-order valence-electron chi connectivity index (χ2n) is 3.44. The Labute approximate surface area is 99.8 Å². The molecule has 0 radical (unpaired) electrons. The van der Waals surface area contributed by atoms with Crippen molar-refractivity contribution < 1.29 is 24.1 Å². The number of ether oxygens (including phenoxy) is 1. The first-order valence-corrected chi connectivity index (χ1v) is 5.16. The van der Waals surface area contributed by atoms with Gasteiger partial charge >= 0.3 is 5.97 Å². The van der Waals surface area contributed by atoms with E-state index in [-0.39, 0.29) is 5.75 Å². The third-order valence-corrected chi connectivity index (χ3v) is 2.36. The highest BCUT2D eigenvalue weighted by atomic mass is 79.9. The fraction of sp³-hybridized carbons (Fsp3) is 0.300. The molecule has 0 aliphatic heterocycles. The van der Waals surface area contributed by atoms with Crippen LogP contribution in [0.25, 0.3) is 0 Å². The Bertz CT molecular complexity index is 406. The molecule has 0 saturated carbocycles. The zero-order valence-corrected chi connectivity index (χ0v) is 9.99. The predicted molar refractivity (Wildman–Crippen MR) is 57.9 cm³/mol. The lowest BCUT2D eigenvalue weighted by Gasteiger charge is -2.18. The van der Waals surface area contributed by atoms with Gasteiger partial charge in [-0.15, -0.1) is 0 Å². The molecular formula is C10H10BrFO4. The average molecular weight is 293 g/mol. The summed E-state index contributed by atoms with van der Waals surface area (Å²) in [7, 11) is 0. The molecule has 0 amide bonds. The monoisotopic (exact) mass is 292 g/mol. The maximum absolute atomic E-state index is 13.2. The lowest BCUT2D eigenvalue weighted by molar-refractivity contribution is -0.159. The lowest BCUT2D eigenvalue weighted by atomic mass is 10.1. The summed E-state index contributed by atoms with van der Waals surface area (Å²) in [6, 6.07) is 4.08. The van der Waals surface area contributed by atoms with Gasteiger partial charge in [-0.2, -0.15) is 0 Å². The highest BCUT2D eigenvalue weighted by Gasteiger charge is 2.31. The van der Waals surface area contributed by atoms with Crippen LogP contribution in [0.4, 0.5) is 4.39 Å². The molecule has 1 unspecified atom stereocenters. The summed E-state index contributed by atoms with van der Waals surface area (Å²) in [5.41, 5.74) is -2.04. The van der Waals surface area contributed by atoms with Gasteiger partial charge in [0.2, 0.25) is 0 Å². The maximum Gasteiger partial charge on any atom is 0.339 e. The Hall–Kier alpha value is -1.14. The minimum atomic E-state index is -2.04. The van der Waals surface area contributed by atoms with Crippen LogP contribution in [0.15, 0.2) is 22.7 Å². The van der Waals surface area contributed by atoms with Crippen molar-refractivity contribution in [1.82, 2.24) is 0 Å².